The fourth-order valence-electron chi connectivity index (χ4n) is 1.51. The highest BCUT2D eigenvalue weighted by Gasteiger charge is 2.19. The van der Waals surface area contributed by atoms with Crippen molar-refractivity contribution in [3.05, 3.63) is 17.6 Å². The van der Waals surface area contributed by atoms with Gasteiger partial charge in [0.25, 0.3) is 5.89 Å². The predicted octanol–water partition coefficient (Wildman–Crippen LogP) is 2.24. The van der Waals surface area contributed by atoms with Crippen LogP contribution in [-0.4, -0.2) is 20.3 Å². The number of rotatable bonds is 4. The van der Waals surface area contributed by atoms with Crippen molar-refractivity contribution in [2.24, 2.45) is 11.7 Å². The maximum Gasteiger partial charge on any atom is 0.278 e. The first-order valence-electron chi connectivity index (χ1n) is 6.14. The molecule has 2 aromatic rings. The van der Waals surface area contributed by atoms with Crippen LogP contribution in [0.3, 0.4) is 0 Å². The number of hydrogen-bond acceptors (Lipinski definition) is 5. The molecule has 6 nitrogen and oxygen atoms in total. The highest BCUT2D eigenvalue weighted by molar-refractivity contribution is 5.47. The average Bonchev–Trinajstić information content (AvgIpc) is 2.96. The van der Waals surface area contributed by atoms with E-state index >= 15 is 0 Å². The Morgan fingerprint density at radius 1 is 1.28 bits per heavy atom. The van der Waals surface area contributed by atoms with Crippen LogP contribution in [0.15, 0.2) is 10.6 Å². The van der Waals surface area contributed by atoms with Crippen LogP contribution in [0.1, 0.15) is 51.2 Å². The molecule has 0 saturated heterocycles. The molecule has 0 fully saturated rings. The summed E-state index contributed by atoms with van der Waals surface area (Å²) < 4.78 is 5.19. The van der Waals surface area contributed by atoms with Crippen LogP contribution in [0, 0.1) is 5.92 Å². The van der Waals surface area contributed by atoms with Crippen LogP contribution in [0.5, 0.6) is 0 Å². The van der Waals surface area contributed by atoms with Crippen LogP contribution in [0.25, 0.3) is 11.6 Å². The second-order valence-electron chi connectivity index (χ2n) is 5.09. The monoisotopic (exact) mass is 249 g/mol. The second-order valence-corrected chi connectivity index (χ2v) is 5.09. The maximum atomic E-state index is 5.97. The van der Waals surface area contributed by atoms with Crippen LogP contribution >= 0.6 is 0 Å². The lowest BCUT2D eigenvalue weighted by atomic mass is 10.1. The van der Waals surface area contributed by atoms with E-state index in [9.17, 15) is 0 Å². The molecule has 0 aliphatic carbocycles. The number of aromatic nitrogens is 4. The van der Waals surface area contributed by atoms with Crippen molar-refractivity contribution < 1.29 is 4.52 Å². The summed E-state index contributed by atoms with van der Waals surface area (Å²) in [6, 6.07) is 1.70. The molecule has 0 bridgehead atoms. The zero-order valence-electron chi connectivity index (χ0n) is 11.1. The van der Waals surface area contributed by atoms with Gasteiger partial charge in [-0.05, 0) is 17.9 Å². The summed E-state index contributed by atoms with van der Waals surface area (Å²) in [6.45, 7) is 8.22. The molecule has 0 saturated carbocycles. The summed E-state index contributed by atoms with van der Waals surface area (Å²) >= 11 is 0. The second kappa shape index (κ2) is 4.89. The lowest BCUT2D eigenvalue weighted by Gasteiger charge is -2.09. The molecule has 0 aromatic carbocycles. The van der Waals surface area contributed by atoms with Gasteiger partial charge in [-0.25, -0.2) is 0 Å². The van der Waals surface area contributed by atoms with E-state index in [1.165, 1.54) is 0 Å². The minimum absolute atomic E-state index is 0.217. The first-order chi connectivity index (χ1) is 8.49. The van der Waals surface area contributed by atoms with E-state index in [1.54, 1.807) is 0 Å². The molecule has 1 atom stereocenters. The zero-order valence-corrected chi connectivity index (χ0v) is 11.1. The standard InChI is InChI=1S/C12H19N5O/c1-6(2)8-5-9(16-15-8)12-14-11(17-18-12)10(13)7(3)4/h5-7,10H,13H2,1-4H3,(H,15,16). The summed E-state index contributed by atoms with van der Waals surface area (Å²) in [7, 11) is 0. The third-order valence-electron chi connectivity index (χ3n) is 2.90. The number of nitrogens with zero attached hydrogens (tertiary/aromatic N) is 3. The number of H-pyrrole nitrogens is 1. The molecule has 98 valence electrons. The maximum absolute atomic E-state index is 5.97. The van der Waals surface area contributed by atoms with Gasteiger partial charge < -0.3 is 10.3 Å². The van der Waals surface area contributed by atoms with E-state index in [-0.39, 0.29) is 12.0 Å². The van der Waals surface area contributed by atoms with Crippen LogP contribution in [0.4, 0.5) is 0 Å². The largest absolute Gasteiger partial charge is 0.332 e. The molecule has 1 unspecified atom stereocenters. The number of nitrogens with one attached hydrogen (secondary N) is 1. The highest BCUT2D eigenvalue weighted by atomic mass is 16.5. The van der Waals surface area contributed by atoms with E-state index in [4.69, 9.17) is 10.3 Å². The van der Waals surface area contributed by atoms with Gasteiger partial charge in [0.2, 0.25) is 0 Å². The van der Waals surface area contributed by atoms with Crippen LogP contribution in [0.2, 0.25) is 0 Å². The molecule has 18 heavy (non-hydrogen) atoms. The Kier molecular flexibility index (Phi) is 3.47. The van der Waals surface area contributed by atoms with E-state index in [0.717, 1.165) is 5.69 Å². The average molecular weight is 249 g/mol. The van der Waals surface area contributed by atoms with Crippen LogP contribution < -0.4 is 5.73 Å². The Hall–Kier alpha value is -1.69. The van der Waals surface area contributed by atoms with E-state index < -0.39 is 0 Å². The third kappa shape index (κ3) is 2.43. The number of aromatic amines is 1. The number of nitrogens with two attached hydrogens (primary N) is 1. The Labute approximate surface area is 106 Å². The van der Waals surface area contributed by atoms with Gasteiger partial charge in [-0.15, -0.1) is 0 Å². The van der Waals surface area contributed by atoms with E-state index in [0.29, 0.717) is 23.3 Å². The topological polar surface area (TPSA) is 93.6 Å². The lowest BCUT2D eigenvalue weighted by Crippen LogP contribution is -2.18. The number of hydrogen-bond donors (Lipinski definition) is 2. The summed E-state index contributed by atoms with van der Waals surface area (Å²) in [6.07, 6.45) is 0. The molecule has 0 aliphatic rings. The van der Waals surface area contributed by atoms with Gasteiger partial charge in [0.05, 0.1) is 6.04 Å². The summed E-state index contributed by atoms with van der Waals surface area (Å²) in [4.78, 5) is 4.29. The Balaban J connectivity index is 2.23. The molecule has 6 heteroatoms. The Morgan fingerprint density at radius 2 is 2.00 bits per heavy atom. The SMILES string of the molecule is CC(C)c1cc(-c2nc(C(N)C(C)C)no2)n[nH]1. The van der Waals surface area contributed by atoms with Crippen molar-refractivity contribution in [2.75, 3.05) is 0 Å². The molecule has 0 aliphatic heterocycles. The van der Waals surface area contributed by atoms with Gasteiger partial charge in [0.1, 0.15) is 0 Å². The van der Waals surface area contributed by atoms with E-state index in [2.05, 4.69) is 34.2 Å². The predicted molar refractivity (Wildman–Crippen MR) is 67.7 cm³/mol. The molecule has 0 radical (unpaired) electrons. The summed E-state index contributed by atoms with van der Waals surface area (Å²) in [5.74, 6) is 1.57. The third-order valence-corrected chi connectivity index (χ3v) is 2.90. The molecule has 3 N–H and O–H groups in total. The van der Waals surface area contributed by atoms with Crippen molar-refractivity contribution in [1.82, 2.24) is 20.3 Å². The quantitative estimate of drug-likeness (QED) is 0.866. The lowest BCUT2D eigenvalue weighted by molar-refractivity contribution is 0.399. The Morgan fingerprint density at radius 3 is 2.56 bits per heavy atom. The van der Waals surface area contributed by atoms with Crippen molar-refractivity contribution >= 4 is 0 Å². The summed E-state index contributed by atoms with van der Waals surface area (Å²) in [5, 5.41) is 11.0. The fraction of sp³-hybridized carbons (Fsp3) is 0.583. The first-order valence-corrected chi connectivity index (χ1v) is 6.14. The van der Waals surface area contributed by atoms with Crippen molar-refractivity contribution in [2.45, 2.75) is 39.7 Å². The molecule has 2 aromatic heterocycles. The minimum Gasteiger partial charge on any atom is -0.332 e. The van der Waals surface area contributed by atoms with Gasteiger partial charge in [-0.3, -0.25) is 5.10 Å². The van der Waals surface area contributed by atoms with Gasteiger partial charge in [0, 0.05) is 5.69 Å². The molecular formula is C12H19N5O. The molecule has 2 rings (SSSR count). The van der Waals surface area contributed by atoms with E-state index in [1.807, 2.05) is 19.9 Å². The zero-order chi connectivity index (χ0) is 13.3. The smallest absolute Gasteiger partial charge is 0.278 e. The van der Waals surface area contributed by atoms with Crippen LogP contribution in [-0.2, 0) is 0 Å². The first kappa shape index (κ1) is 12.8. The van der Waals surface area contributed by atoms with Crippen molar-refractivity contribution in [3.63, 3.8) is 0 Å². The Bertz CT molecular complexity index is 514. The van der Waals surface area contributed by atoms with Gasteiger partial charge in [0.15, 0.2) is 11.5 Å². The highest BCUT2D eigenvalue weighted by Crippen LogP contribution is 2.22. The molecule has 2 heterocycles. The molecular weight excluding hydrogens is 230 g/mol. The van der Waals surface area contributed by atoms with Gasteiger partial charge >= 0.3 is 0 Å². The van der Waals surface area contributed by atoms with Crippen molar-refractivity contribution in [1.29, 1.82) is 0 Å². The minimum atomic E-state index is -0.217. The van der Waals surface area contributed by atoms with Gasteiger partial charge in [-0.2, -0.15) is 10.1 Å². The summed E-state index contributed by atoms with van der Waals surface area (Å²) in [5.41, 5.74) is 7.67. The van der Waals surface area contributed by atoms with Crippen molar-refractivity contribution in [3.8, 4) is 11.6 Å². The normalized spacial score (nSPS) is 13.5. The molecule has 0 spiro atoms. The fourth-order valence-corrected chi connectivity index (χ4v) is 1.51. The molecule has 0 amide bonds. The van der Waals surface area contributed by atoms with Gasteiger partial charge in [-0.1, -0.05) is 32.9 Å².